The zero-order chi connectivity index (χ0) is 18.1. The van der Waals surface area contributed by atoms with Crippen LogP contribution in [-0.2, 0) is 9.59 Å². The van der Waals surface area contributed by atoms with Gasteiger partial charge in [-0.2, -0.15) is 5.10 Å². The average molecular weight is 337 g/mol. The van der Waals surface area contributed by atoms with E-state index in [1.807, 2.05) is 68.4 Å². The number of anilines is 1. The Morgan fingerprint density at radius 1 is 0.920 bits per heavy atom. The molecule has 0 spiro atoms. The van der Waals surface area contributed by atoms with E-state index in [2.05, 4.69) is 15.8 Å². The topological polar surface area (TPSA) is 70.6 Å². The number of aryl methyl sites for hydroxylation is 1. The fraction of sp³-hybridized carbons (Fsp3) is 0.250. The monoisotopic (exact) mass is 337 g/mol. The lowest BCUT2D eigenvalue weighted by Crippen LogP contribution is -2.22. The van der Waals surface area contributed by atoms with Crippen molar-refractivity contribution in [2.75, 3.05) is 5.32 Å². The number of carbonyl (C=O) groups excluding carboxylic acids is 2. The lowest BCUT2D eigenvalue weighted by atomic mass is 10.1. The smallest absolute Gasteiger partial charge is 0.240 e. The van der Waals surface area contributed by atoms with Crippen LogP contribution in [-0.4, -0.2) is 17.5 Å². The second-order valence-corrected chi connectivity index (χ2v) is 5.73. The third kappa shape index (κ3) is 6.22. The molecule has 2 N–H and O–H groups in total. The summed E-state index contributed by atoms with van der Waals surface area (Å²) in [5.41, 5.74) is 6.16. The minimum absolute atomic E-state index is 0.0903. The lowest BCUT2D eigenvalue weighted by Gasteiger charge is -2.06. The van der Waals surface area contributed by atoms with Crippen molar-refractivity contribution in [3.05, 3.63) is 65.7 Å². The molecule has 0 aliphatic rings. The maximum absolute atomic E-state index is 11.9. The molecule has 5 nitrogen and oxygen atoms in total. The summed E-state index contributed by atoms with van der Waals surface area (Å²) in [6.45, 7) is 3.96. The van der Waals surface area contributed by atoms with Crippen LogP contribution in [0, 0.1) is 6.92 Å². The Kier molecular flexibility index (Phi) is 6.89. The number of nitrogens with zero attached hydrogens (tertiary/aromatic N) is 1. The van der Waals surface area contributed by atoms with Crippen molar-refractivity contribution >= 4 is 23.2 Å². The molecule has 130 valence electrons. The van der Waals surface area contributed by atoms with E-state index < -0.39 is 0 Å². The molecule has 25 heavy (non-hydrogen) atoms. The lowest BCUT2D eigenvalue weighted by molar-refractivity contribution is -0.124. The van der Waals surface area contributed by atoms with Gasteiger partial charge in [0, 0.05) is 18.5 Å². The van der Waals surface area contributed by atoms with Crippen LogP contribution in [0.3, 0.4) is 0 Å². The van der Waals surface area contributed by atoms with Crippen molar-refractivity contribution in [1.82, 2.24) is 5.43 Å². The molecule has 0 saturated carbocycles. The van der Waals surface area contributed by atoms with Gasteiger partial charge in [-0.05, 0) is 31.0 Å². The predicted octanol–water partition coefficient (Wildman–Crippen LogP) is 3.64. The van der Waals surface area contributed by atoms with Crippen molar-refractivity contribution in [2.45, 2.75) is 33.1 Å². The Balaban J connectivity index is 1.80. The molecule has 2 aromatic rings. The van der Waals surface area contributed by atoms with Crippen LogP contribution in [0.1, 0.15) is 37.3 Å². The van der Waals surface area contributed by atoms with Crippen molar-refractivity contribution < 1.29 is 9.59 Å². The number of amides is 2. The Bertz CT molecular complexity index is 737. The summed E-state index contributed by atoms with van der Waals surface area (Å²) in [5, 5.41) is 6.94. The van der Waals surface area contributed by atoms with Gasteiger partial charge in [-0.3, -0.25) is 9.59 Å². The molecule has 0 atom stereocenters. The molecule has 0 radical (unpaired) electrons. The first-order valence-electron chi connectivity index (χ1n) is 8.36. The molecule has 0 unspecified atom stereocenters. The molecule has 0 heterocycles. The molecule has 0 bridgehead atoms. The number of hydrazone groups is 1. The van der Waals surface area contributed by atoms with Gasteiger partial charge >= 0.3 is 0 Å². The first-order valence-corrected chi connectivity index (χ1v) is 8.36. The second-order valence-electron chi connectivity index (χ2n) is 5.73. The molecule has 0 aliphatic heterocycles. The van der Waals surface area contributed by atoms with E-state index in [-0.39, 0.29) is 24.7 Å². The molecular formula is C20H23N3O2. The summed E-state index contributed by atoms with van der Waals surface area (Å²) in [6.07, 6.45) is 0.910. The third-order valence-corrected chi connectivity index (χ3v) is 3.67. The van der Waals surface area contributed by atoms with E-state index in [0.29, 0.717) is 6.42 Å². The van der Waals surface area contributed by atoms with Gasteiger partial charge in [0.25, 0.3) is 0 Å². The molecule has 2 aromatic carbocycles. The predicted molar refractivity (Wildman–Crippen MR) is 100 cm³/mol. The maximum atomic E-state index is 11.9. The van der Waals surface area contributed by atoms with Crippen LogP contribution in [0.15, 0.2) is 59.7 Å². The Morgan fingerprint density at radius 2 is 1.56 bits per heavy atom. The van der Waals surface area contributed by atoms with Gasteiger partial charge in [-0.1, -0.05) is 55.0 Å². The summed E-state index contributed by atoms with van der Waals surface area (Å²) < 4.78 is 0. The van der Waals surface area contributed by atoms with Crippen LogP contribution >= 0.6 is 0 Å². The molecule has 2 rings (SSSR count). The summed E-state index contributed by atoms with van der Waals surface area (Å²) in [5.74, 6) is -0.470. The normalized spacial score (nSPS) is 11.0. The number of rotatable bonds is 7. The van der Waals surface area contributed by atoms with E-state index in [0.717, 1.165) is 22.5 Å². The van der Waals surface area contributed by atoms with E-state index in [1.54, 1.807) is 0 Å². The Hall–Kier alpha value is -2.95. The van der Waals surface area contributed by atoms with E-state index >= 15 is 0 Å². The van der Waals surface area contributed by atoms with Crippen molar-refractivity contribution in [3.63, 3.8) is 0 Å². The number of hydrogen-bond acceptors (Lipinski definition) is 3. The van der Waals surface area contributed by atoms with E-state index in [1.165, 1.54) is 0 Å². The van der Waals surface area contributed by atoms with E-state index in [4.69, 9.17) is 0 Å². The van der Waals surface area contributed by atoms with Crippen LogP contribution in [0.5, 0.6) is 0 Å². The van der Waals surface area contributed by atoms with Gasteiger partial charge in [0.2, 0.25) is 11.8 Å². The average Bonchev–Trinajstić information content (AvgIpc) is 2.63. The molecule has 0 fully saturated rings. The highest BCUT2D eigenvalue weighted by atomic mass is 16.2. The maximum Gasteiger partial charge on any atom is 0.240 e. The largest absolute Gasteiger partial charge is 0.326 e. The molecule has 5 heteroatoms. The SMILES string of the molecule is CCC(=NNC(=O)CCC(=O)Nc1ccc(C)cc1)c1ccccc1. The van der Waals surface area contributed by atoms with Crippen LogP contribution in [0.25, 0.3) is 0 Å². The minimum Gasteiger partial charge on any atom is -0.326 e. The molecule has 2 amide bonds. The summed E-state index contributed by atoms with van der Waals surface area (Å²) >= 11 is 0. The number of carbonyl (C=O) groups is 2. The van der Waals surface area contributed by atoms with Crippen LogP contribution in [0.4, 0.5) is 5.69 Å². The van der Waals surface area contributed by atoms with Gasteiger partial charge < -0.3 is 5.32 Å². The van der Waals surface area contributed by atoms with E-state index in [9.17, 15) is 9.59 Å². The minimum atomic E-state index is -0.277. The highest BCUT2D eigenvalue weighted by Crippen LogP contribution is 2.09. The van der Waals surface area contributed by atoms with Gasteiger partial charge in [0.15, 0.2) is 0 Å². The first kappa shape index (κ1) is 18.4. The second kappa shape index (κ2) is 9.37. The molecular weight excluding hydrogens is 314 g/mol. The fourth-order valence-electron chi connectivity index (χ4n) is 2.25. The molecule has 0 aliphatic carbocycles. The van der Waals surface area contributed by atoms with Gasteiger partial charge in [-0.15, -0.1) is 0 Å². The fourth-order valence-corrected chi connectivity index (χ4v) is 2.25. The molecule has 0 aromatic heterocycles. The number of benzene rings is 2. The Labute approximate surface area is 148 Å². The Morgan fingerprint density at radius 3 is 2.20 bits per heavy atom. The van der Waals surface area contributed by atoms with Crippen molar-refractivity contribution in [3.8, 4) is 0 Å². The zero-order valence-corrected chi connectivity index (χ0v) is 14.6. The third-order valence-electron chi connectivity index (χ3n) is 3.67. The zero-order valence-electron chi connectivity index (χ0n) is 14.6. The molecule has 0 saturated heterocycles. The van der Waals surface area contributed by atoms with Gasteiger partial charge in [0.1, 0.15) is 0 Å². The quantitative estimate of drug-likeness (QED) is 0.598. The van der Waals surface area contributed by atoms with Crippen LogP contribution in [0.2, 0.25) is 0 Å². The highest BCUT2D eigenvalue weighted by Gasteiger charge is 2.08. The standard InChI is InChI=1S/C20H23N3O2/c1-3-18(16-7-5-4-6-8-16)22-23-20(25)14-13-19(24)21-17-11-9-15(2)10-12-17/h4-12H,3,13-14H2,1-2H3,(H,21,24)(H,23,25). The number of nitrogens with one attached hydrogen (secondary N) is 2. The van der Waals surface area contributed by atoms with Crippen LogP contribution < -0.4 is 10.7 Å². The first-order chi connectivity index (χ1) is 12.1. The van der Waals surface area contributed by atoms with Crippen molar-refractivity contribution in [1.29, 1.82) is 0 Å². The van der Waals surface area contributed by atoms with Gasteiger partial charge in [0.05, 0.1) is 5.71 Å². The summed E-state index contributed by atoms with van der Waals surface area (Å²) in [7, 11) is 0. The summed E-state index contributed by atoms with van der Waals surface area (Å²) in [6, 6.07) is 17.2. The highest BCUT2D eigenvalue weighted by molar-refractivity contribution is 6.01. The summed E-state index contributed by atoms with van der Waals surface area (Å²) in [4.78, 5) is 23.8. The van der Waals surface area contributed by atoms with Crippen molar-refractivity contribution in [2.24, 2.45) is 5.10 Å². The number of hydrogen-bond donors (Lipinski definition) is 2. The van der Waals surface area contributed by atoms with Gasteiger partial charge in [-0.25, -0.2) is 5.43 Å².